The maximum Gasteiger partial charge on any atom is 0.257 e. The summed E-state index contributed by atoms with van der Waals surface area (Å²) in [4.78, 5) is 28.4. The van der Waals surface area contributed by atoms with E-state index in [0.29, 0.717) is 26.2 Å². The molecule has 0 radical (unpaired) electrons. The Bertz CT molecular complexity index is 571. The molecule has 6 heteroatoms. The molecule has 0 aliphatic carbocycles. The summed E-state index contributed by atoms with van der Waals surface area (Å²) in [6.07, 6.45) is 4.92. The number of piperazine rings is 1. The Kier molecular flexibility index (Phi) is 4.18. The first kappa shape index (κ1) is 15.1. The zero-order valence-electron chi connectivity index (χ0n) is 13.4. The Labute approximate surface area is 131 Å². The van der Waals surface area contributed by atoms with Crippen LogP contribution < -0.4 is 0 Å². The zero-order chi connectivity index (χ0) is 15.7. The van der Waals surface area contributed by atoms with E-state index in [1.54, 1.807) is 6.20 Å². The van der Waals surface area contributed by atoms with Gasteiger partial charge in [0.1, 0.15) is 0 Å². The number of rotatable bonds is 2. The summed E-state index contributed by atoms with van der Waals surface area (Å²) in [5.74, 6) is 0.264. The molecule has 6 nitrogen and oxygen atoms in total. The van der Waals surface area contributed by atoms with Gasteiger partial charge in [0.05, 0.1) is 17.5 Å². The van der Waals surface area contributed by atoms with Crippen molar-refractivity contribution >= 4 is 11.8 Å². The SMILES string of the molecule is CC(C)C(=O)N1CCN(C(=O)c2cnn3c2CCCC3)CC1. The van der Waals surface area contributed by atoms with E-state index in [2.05, 4.69) is 5.10 Å². The Morgan fingerprint density at radius 1 is 1.05 bits per heavy atom. The lowest BCUT2D eigenvalue weighted by Crippen LogP contribution is -2.51. The molecule has 2 aliphatic heterocycles. The highest BCUT2D eigenvalue weighted by Gasteiger charge is 2.28. The van der Waals surface area contributed by atoms with Gasteiger partial charge in [-0.3, -0.25) is 14.3 Å². The molecule has 2 amide bonds. The molecule has 0 saturated carbocycles. The van der Waals surface area contributed by atoms with E-state index in [1.807, 2.05) is 28.3 Å². The second-order valence-electron chi connectivity index (χ2n) is 6.46. The topological polar surface area (TPSA) is 58.4 Å². The van der Waals surface area contributed by atoms with Gasteiger partial charge in [-0.1, -0.05) is 13.8 Å². The lowest BCUT2D eigenvalue weighted by Gasteiger charge is -2.35. The highest BCUT2D eigenvalue weighted by molar-refractivity contribution is 5.95. The Hall–Kier alpha value is -1.85. The van der Waals surface area contributed by atoms with Crippen molar-refractivity contribution in [2.24, 2.45) is 5.92 Å². The van der Waals surface area contributed by atoms with Gasteiger partial charge < -0.3 is 9.80 Å². The summed E-state index contributed by atoms with van der Waals surface area (Å²) in [6, 6.07) is 0. The first-order valence-corrected chi connectivity index (χ1v) is 8.20. The molecule has 3 heterocycles. The quantitative estimate of drug-likeness (QED) is 0.824. The van der Waals surface area contributed by atoms with Crippen LogP contribution in [0.1, 0.15) is 42.7 Å². The third-order valence-corrected chi connectivity index (χ3v) is 4.59. The zero-order valence-corrected chi connectivity index (χ0v) is 13.4. The van der Waals surface area contributed by atoms with Gasteiger partial charge in [-0.2, -0.15) is 5.10 Å². The smallest absolute Gasteiger partial charge is 0.257 e. The maximum absolute atomic E-state index is 12.7. The van der Waals surface area contributed by atoms with Crippen molar-refractivity contribution in [2.45, 2.75) is 39.7 Å². The second-order valence-corrected chi connectivity index (χ2v) is 6.46. The van der Waals surface area contributed by atoms with E-state index in [9.17, 15) is 9.59 Å². The summed E-state index contributed by atoms with van der Waals surface area (Å²) in [5.41, 5.74) is 1.83. The molecule has 0 bridgehead atoms. The van der Waals surface area contributed by atoms with E-state index in [1.165, 1.54) is 0 Å². The minimum absolute atomic E-state index is 0.0185. The molecule has 0 atom stereocenters. The fraction of sp³-hybridized carbons (Fsp3) is 0.688. The van der Waals surface area contributed by atoms with Crippen LogP contribution in [-0.2, 0) is 17.8 Å². The van der Waals surface area contributed by atoms with Gasteiger partial charge in [0.2, 0.25) is 5.91 Å². The Balaban J connectivity index is 1.65. The fourth-order valence-corrected chi connectivity index (χ4v) is 3.27. The standard InChI is InChI=1S/C16H24N4O2/c1-12(2)15(21)18-7-9-19(10-8-18)16(22)13-11-17-20-6-4-3-5-14(13)20/h11-12H,3-10H2,1-2H3. The van der Waals surface area contributed by atoms with Crippen molar-refractivity contribution in [3.63, 3.8) is 0 Å². The predicted molar refractivity (Wildman–Crippen MR) is 82.5 cm³/mol. The Morgan fingerprint density at radius 3 is 2.41 bits per heavy atom. The number of amides is 2. The number of hydrogen-bond acceptors (Lipinski definition) is 3. The average Bonchev–Trinajstić information content (AvgIpc) is 2.97. The van der Waals surface area contributed by atoms with E-state index in [-0.39, 0.29) is 17.7 Å². The maximum atomic E-state index is 12.7. The number of carbonyl (C=O) groups is 2. The summed E-state index contributed by atoms with van der Waals surface area (Å²) >= 11 is 0. The predicted octanol–water partition coefficient (Wildman–Crippen LogP) is 1.16. The minimum atomic E-state index is 0.0185. The highest BCUT2D eigenvalue weighted by Crippen LogP contribution is 2.20. The highest BCUT2D eigenvalue weighted by atomic mass is 16.2. The van der Waals surface area contributed by atoms with Crippen molar-refractivity contribution in [2.75, 3.05) is 26.2 Å². The van der Waals surface area contributed by atoms with Crippen molar-refractivity contribution in [1.29, 1.82) is 0 Å². The molecule has 2 aliphatic rings. The van der Waals surface area contributed by atoms with Crippen LogP contribution in [0.5, 0.6) is 0 Å². The normalized spacial score (nSPS) is 18.5. The van der Waals surface area contributed by atoms with E-state index in [0.717, 1.165) is 37.1 Å². The van der Waals surface area contributed by atoms with Crippen LogP contribution in [0.15, 0.2) is 6.20 Å². The number of carbonyl (C=O) groups excluding carboxylic acids is 2. The van der Waals surface area contributed by atoms with Gasteiger partial charge in [-0.05, 0) is 19.3 Å². The number of aromatic nitrogens is 2. The number of aryl methyl sites for hydroxylation is 1. The molecule has 0 aromatic carbocycles. The monoisotopic (exact) mass is 304 g/mol. The van der Waals surface area contributed by atoms with Gasteiger partial charge in [0, 0.05) is 38.6 Å². The minimum Gasteiger partial charge on any atom is -0.339 e. The fourth-order valence-electron chi connectivity index (χ4n) is 3.27. The average molecular weight is 304 g/mol. The summed E-state index contributed by atoms with van der Waals surface area (Å²) in [5, 5.41) is 4.34. The lowest BCUT2D eigenvalue weighted by molar-refractivity contribution is -0.135. The van der Waals surface area contributed by atoms with Crippen molar-refractivity contribution in [3.05, 3.63) is 17.5 Å². The molecule has 120 valence electrons. The molecular weight excluding hydrogens is 280 g/mol. The molecule has 22 heavy (non-hydrogen) atoms. The van der Waals surface area contributed by atoms with E-state index in [4.69, 9.17) is 0 Å². The van der Waals surface area contributed by atoms with Crippen molar-refractivity contribution in [1.82, 2.24) is 19.6 Å². The van der Waals surface area contributed by atoms with Crippen LogP contribution in [-0.4, -0.2) is 57.6 Å². The molecule has 0 spiro atoms. The largest absolute Gasteiger partial charge is 0.339 e. The van der Waals surface area contributed by atoms with E-state index >= 15 is 0 Å². The third-order valence-electron chi connectivity index (χ3n) is 4.59. The van der Waals surface area contributed by atoms with Gasteiger partial charge in [-0.25, -0.2) is 0 Å². The Morgan fingerprint density at radius 2 is 1.73 bits per heavy atom. The van der Waals surface area contributed by atoms with Gasteiger partial charge in [-0.15, -0.1) is 0 Å². The first-order valence-electron chi connectivity index (χ1n) is 8.20. The molecule has 1 aromatic heterocycles. The lowest BCUT2D eigenvalue weighted by atomic mass is 10.1. The molecule has 1 aromatic rings. The van der Waals surface area contributed by atoms with Crippen LogP contribution in [0.2, 0.25) is 0 Å². The van der Waals surface area contributed by atoms with Gasteiger partial charge in [0.15, 0.2) is 0 Å². The molecule has 0 unspecified atom stereocenters. The third kappa shape index (κ3) is 2.74. The van der Waals surface area contributed by atoms with Crippen molar-refractivity contribution < 1.29 is 9.59 Å². The number of fused-ring (bicyclic) bond motifs is 1. The van der Waals surface area contributed by atoms with Crippen LogP contribution in [0.25, 0.3) is 0 Å². The molecule has 0 N–H and O–H groups in total. The molecular formula is C16H24N4O2. The van der Waals surface area contributed by atoms with Crippen molar-refractivity contribution in [3.8, 4) is 0 Å². The number of hydrogen-bond donors (Lipinski definition) is 0. The second kappa shape index (κ2) is 6.10. The van der Waals surface area contributed by atoms with E-state index < -0.39 is 0 Å². The van der Waals surface area contributed by atoms with Gasteiger partial charge in [0.25, 0.3) is 5.91 Å². The van der Waals surface area contributed by atoms with Crippen LogP contribution in [0.3, 0.4) is 0 Å². The molecule has 1 fully saturated rings. The number of nitrogens with zero attached hydrogens (tertiary/aromatic N) is 4. The summed E-state index contributed by atoms with van der Waals surface area (Å²) in [7, 11) is 0. The summed E-state index contributed by atoms with van der Waals surface area (Å²) < 4.78 is 1.97. The van der Waals surface area contributed by atoms with Crippen LogP contribution >= 0.6 is 0 Å². The van der Waals surface area contributed by atoms with Gasteiger partial charge >= 0.3 is 0 Å². The van der Waals surface area contributed by atoms with Crippen LogP contribution in [0.4, 0.5) is 0 Å². The first-order chi connectivity index (χ1) is 10.6. The molecule has 1 saturated heterocycles. The van der Waals surface area contributed by atoms with Crippen LogP contribution in [0, 0.1) is 5.92 Å². The molecule has 3 rings (SSSR count). The summed E-state index contributed by atoms with van der Waals surface area (Å²) in [6.45, 7) is 7.24.